The van der Waals surface area contributed by atoms with Gasteiger partial charge in [0.05, 0.1) is 6.20 Å². The molecule has 3 rings (SSSR count). The van der Waals surface area contributed by atoms with Crippen molar-refractivity contribution in [3.8, 4) is 11.1 Å². The SMILES string of the molecule is C[C@@H](c1ccc(-c2cnn(CCC(N)=O)c2)cc1)N1CCCC1. The third kappa shape index (κ3) is 3.79. The summed E-state index contributed by atoms with van der Waals surface area (Å²) in [5.74, 6) is -0.303. The zero-order valence-corrected chi connectivity index (χ0v) is 13.6. The molecule has 1 aromatic heterocycles. The number of benzene rings is 1. The van der Waals surface area contributed by atoms with Crippen molar-refractivity contribution in [2.45, 2.75) is 38.8 Å². The summed E-state index contributed by atoms with van der Waals surface area (Å²) in [7, 11) is 0. The van der Waals surface area contributed by atoms with Gasteiger partial charge in [0.2, 0.25) is 5.91 Å². The van der Waals surface area contributed by atoms with Gasteiger partial charge in [0.15, 0.2) is 0 Å². The maximum absolute atomic E-state index is 10.8. The first kappa shape index (κ1) is 15.7. The van der Waals surface area contributed by atoms with Gasteiger partial charge in [-0.3, -0.25) is 14.4 Å². The molecule has 0 unspecified atom stereocenters. The van der Waals surface area contributed by atoms with Crippen molar-refractivity contribution in [3.05, 3.63) is 42.2 Å². The minimum absolute atomic E-state index is 0.303. The molecule has 0 spiro atoms. The van der Waals surface area contributed by atoms with Gasteiger partial charge < -0.3 is 5.73 Å². The summed E-state index contributed by atoms with van der Waals surface area (Å²) < 4.78 is 1.76. The molecule has 2 aromatic rings. The number of aryl methyl sites for hydroxylation is 1. The Morgan fingerprint density at radius 2 is 1.91 bits per heavy atom. The molecule has 1 fully saturated rings. The fourth-order valence-corrected chi connectivity index (χ4v) is 3.15. The van der Waals surface area contributed by atoms with Gasteiger partial charge in [-0.2, -0.15) is 5.10 Å². The predicted octanol–water partition coefficient (Wildman–Crippen LogP) is 2.58. The fraction of sp³-hybridized carbons (Fsp3) is 0.444. The van der Waals surface area contributed by atoms with Crippen LogP contribution in [0.2, 0.25) is 0 Å². The van der Waals surface area contributed by atoms with Crippen molar-refractivity contribution in [2.24, 2.45) is 5.73 Å². The highest BCUT2D eigenvalue weighted by molar-refractivity contribution is 5.73. The maximum atomic E-state index is 10.8. The van der Waals surface area contributed by atoms with Crippen LogP contribution in [-0.2, 0) is 11.3 Å². The number of hydrogen-bond acceptors (Lipinski definition) is 3. The number of carbonyl (C=O) groups excluding carboxylic acids is 1. The number of nitrogens with zero attached hydrogens (tertiary/aromatic N) is 3. The molecule has 2 N–H and O–H groups in total. The lowest BCUT2D eigenvalue weighted by Gasteiger charge is -2.24. The summed E-state index contributed by atoms with van der Waals surface area (Å²) in [4.78, 5) is 13.4. The number of hydrogen-bond donors (Lipinski definition) is 1. The molecule has 5 nitrogen and oxygen atoms in total. The molecule has 1 amide bonds. The first-order chi connectivity index (χ1) is 11.1. The average molecular weight is 312 g/mol. The number of primary amides is 1. The summed E-state index contributed by atoms with van der Waals surface area (Å²) in [6.45, 7) is 5.21. The lowest BCUT2D eigenvalue weighted by molar-refractivity contribution is -0.118. The second-order valence-corrected chi connectivity index (χ2v) is 6.25. The van der Waals surface area contributed by atoms with Gasteiger partial charge in [-0.05, 0) is 44.0 Å². The Bertz CT molecular complexity index is 656. The number of likely N-dealkylation sites (tertiary alicyclic amines) is 1. The standard InChI is InChI=1S/C18H24N4O/c1-14(21-9-2-3-10-21)15-4-6-16(7-5-15)17-12-20-22(13-17)11-8-18(19)23/h4-7,12-14H,2-3,8-11H2,1H3,(H2,19,23)/t14-/m0/s1. The monoisotopic (exact) mass is 312 g/mol. The van der Waals surface area contributed by atoms with E-state index in [9.17, 15) is 4.79 Å². The summed E-state index contributed by atoms with van der Waals surface area (Å²) in [6, 6.07) is 9.19. The van der Waals surface area contributed by atoms with E-state index in [2.05, 4.69) is 41.2 Å². The van der Waals surface area contributed by atoms with Gasteiger partial charge in [-0.25, -0.2) is 0 Å². The van der Waals surface area contributed by atoms with E-state index in [0.29, 0.717) is 19.0 Å². The van der Waals surface area contributed by atoms with Crippen LogP contribution in [0.3, 0.4) is 0 Å². The number of nitrogens with two attached hydrogens (primary N) is 1. The van der Waals surface area contributed by atoms with Crippen LogP contribution in [0.1, 0.15) is 37.8 Å². The van der Waals surface area contributed by atoms with Gasteiger partial charge >= 0.3 is 0 Å². The Labute approximate surface area is 137 Å². The molecule has 0 radical (unpaired) electrons. The molecule has 1 aliphatic heterocycles. The van der Waals surface area contributed by atoms with Crippen LogP contribution in [0.5, 0.6) is 0 Å². The topological polar surface area (TPSA) is 64.2 Å². The van der Waals surface area contributed by atoms with Crippen molar-refractivity contribution >= 4 is 5.91 Å². The van der Waals surface area contributed by atoms with Crippen LogP contribution < -0.4 is 5.73 Å². The van der Waals surface area contributed by atoms with E-state index in [-0.39, 0.29) is 5.91 Å². The Balaban J connectivity index is 1.68. The number of aromatic nitrogens is 2. The third-order valence-electron chi connectivity index (χ3n) is 4.64. The summed E-state index contributed by atoms with van der Waals surface area (Å²) in [5, 5.41) is 4.29. The molecular formula is C18H24N4O. The fourth-order valence-electron chi connectivity index (χ4n) is 3.15. The Morgan fingerprint density at radius 3 is 2.57 bits per heavy atom. The maximum Gasteiger partial charge on any atom is 0.219 e. The van der Waals surface area contributed by atoms with E-state index >= 15 is 0 Å². The lowest BCUT2D eigenvalue weighted by atomic mass is 10.0. The van der Waals surface area contributed by atoms with Crippen LogP contribution >= 0.6 is 0 Å². The minimum atomic E-state index is -0.303. The van der Waals surface area contributed by atoms with E-state index in [4.69, 9.17) is 5.73 Å². The second kappa shape index (κ2) is 6.96. The van der Waals surface area contributed by atoms with Crippen LogP contribution in [0.15, 0.2) is 36.7 Å². The van der Waals surface area contributed by atoms with Crippen LogP contribution in [0.4, 0.5) is 0 Å². The molecule has 0 saturated carbocycles. The van der Waals surface area contributed by atoms with Crippen molar-refractivity contribution in [2.75, 3.05) is 13.1 Å². The number of amides is 1. The Hall–Kier alpha value is -2.14. The van der Waals surface area contributed by atoms with Gasteiger partial charge in [-0.1, -0.05) is 24.3 Å². The molecule has 2 heterocycles. The highest BCUT2D eigenvalue weighted by Gasteiger charge is 2.19. The van der Waals surface area contributed by atoms with Gasteiger partial charge in [0.1, 0.15) is 0 Å². The highest BCUT2D eigenvalue weighted by Crippen LogP contribution is 2.27. The minimum Gasteiger partial charge on any atom is -0.370 e. The van der Waals surface area contributed by atoms with Gasteiger partial charge in [0, 0.05) is 30.8 Å². The summed E-state index contributed by atoms with van der Waals surface area (Å²) in [5.41, 5.74) is 8.74. The molecule has 1 saturated heterocycles. The molecule has 0 aliphatic carbocycles. The van der Waals surface area contributed by atoms with Crippen LogP contribution in [0.25, 0.3) is 11.1 Å². The smallest absolute Gasteiger partial charge is 0.219 e. The van der Waals surface area contributed by atoms with Crippen molar-refractivity contribution < 1.29 is 4.79 Å². The Kier molecular flexibility index (Phi) is 4.76. The molecule has 23 heavy (non-hydrogen) atoms. The third-order valence-corrected chi connectivity index (χ3v) is 4.64. The first-order valence-corrected chi connectivity index (χ1v) is 8.28. The van der Waals surface area contributed by atoms with Crippen molar-refractivity contribution in [3.63, 3.8) is 0 Å². The highest BCUT2D eigenvalue weighted by atomic mass is 16.1. The zero-order valence-electron chi connectivity index (χ0n) is 13.6. The van der Waals surface area contributed by atoms with E-state index in [1.165, 1.54) is 31.5 Å². The molecule has 1 aliphatic rings. The second-order valence-electron chi connectivity index (χ2n) is 6.25. The molecular weight excluding hydrogens is 288 g/mol. The summed E-state index contributed by atoms with van der Waals surface area (Å²) in [6.07, 6.45) is 6.73. The molecule has 122 valence electrons. The van der Waals surface area contributed by atoms with E-state index in [0.717, 1.165) is 11.1 Å². The number of carbonyl (C=O) groups is 1. The summed E-state index contributed by atoms with van der Waals surface area (Å²) >= 11 is 0. The molecule has 5 heteroatoms. The first-order valence-electron chi connectivity index (χ1n) is 8.28. The number of rotatable bonds is 6. The lowest BCUT2D eigenvalue weighted by Crippen LogP contribution is -2.23. The van der Waals surface area contributed by atoms with Crippen molar-refractivity contribution in [1.82, 2.24) is 14.7 Å². The largest absolute Gasteiger partial charge is 0.370 e. The van der Waals surface area contributed by atoms with E-state index in [1.807, 2.05) is 12.4 Å². The molecule has 0 bridgehead atoms. The predicted molar refractivity (Wildman–Crippen MR) is 90.7 cm³/mol. The molecule has 1 atom stereocenters. The van der Waals surface area contributed by atoms with Crippen LogP contribution in [-0.4, -0.2) is 33.7 Å². The quantitative estimate of drug-likeness (QED) is 0.891. The zero-order chi connectivity index (χ0) is 16.2. The van der Waals surface area contributed by atoms with Crippen molar-refractivity contribution in [1.29, 1.82) is 0 Å². The molecule has 1 aromatic carbocycles. The normalized spacial score (nSPS) is 16.6. The van der Waals surface area contributed by atoms with E-state index < -0.39 is 0 Å². The Morgan fingerprint density at radius 1 is 1.22 bits per heavy atom. The average Bonchev–Trinajstić information content (AvgIpc) is 3.24. The van der Waals surface area contributed by atoms with E-state index in [1.54, 1.807) is 4.68 Å². The van der Waals surface area contributed by atoms with Gasteiger partial charge in [0.25, 0.3) is 0 Å². The van der Waals surface area contributed by atoms with Crippen LogP contribution in [0, 0.1) is 0 Å². The van der Waals surface area contributed by atoms with Gasteiger partial charge in [-0.15, -0.1) is 0 Å².